The number of anilines is 1. The van der Waals surface area contributed by atoms with Crippen LogP contribution in [0.25, 0.3) is 16.7 Å². The molecule has 176 valence electrons. The minimum Gasteiger partial charge on any atom is -0.462 e. The maximum atomic E-state index is 13.7. The highest BCUT2D eigenvalue weighted by Crippen LogP contribution is 2.34. The van der Waals surface area contributed by atoms with Gasteiger partial charge in [-0.05, 0) is 37.3 Å². The Morgan fingerprint density at radius 3 is 2.65 bits per heavy atom. The van der Waals surface area contributed by atoms with Crippen molar-refractivity contribution in [2.45, 2.75) is 19.6 Å². The first-order valence-corrected chi connectivity index (χ1v) is 10.1. The van der Waals surface area contributed by atoms with Crippen LogP contribution in [0.5, 0.6) is 0 Å². The van der Waals surface area contributed by atoms with Gasteiger partial charge in [0.25, 0.3) is 0 Å². The number of esters is 1. The number of benzene rings is 2. The first-order valence-electron chi connectivity index (χ1n) is 10.1. The maximum Gasteiger partial charge on any atom is 0.434 e. The van der Waals surface area contributed by atoms with Crippen LogP contribution in [0, 0.1) is 0 Å². The number of amides is 1. The van der Waals surface area contributed by atoms with Crippen molar-refractivity contribution in [3.05, 3.63) is 76.5 Å². The van der Waals surface area contributed by atoms with Gasteiger partial charge < -0.3 is 15.0 Å². The second-order valence-electron chi connectivity index (χ2n) is 7.17. The predicted molar refractivity (Wildman–Crippen MR) is 116 cm³/mol. The maximum absolute atomic E-state index is 13.7. The number of alkyl halides is 3. The van der Waals surface area contributed by atoms with Gasteiger partial charge in [-0.15, -0.1) is 0 Å². The molecule has 0 unspecified atom stereocenters. The van der Waals surface area contributed by atoms with Crippen LogP contribution >= 0.6 is 0 Å². The van der Waals surface area contributed by atoms with Crippen molar-refractivity contribution in [2.24, 2.45) is 0 Å². The Labute approximate surface area is 189 Å². The summed E-state index contributed by atoms with van der Waals surface area (Å²) in [5.41, 5.74) is -1.24. The van der Waals surface area contributed by atoms with Gasteiger partial charge in [-0.1, -0.05) is 18.2 Å². The standard InChI is InChI=1S/C22H18F3N5O4/c1-2-34-20(32)15-11-26-30(19(15)22(23,24)25)14-7-5-6-13(10-14)27-18(31)12-29-17-9-4-3-8-16(17)28-21(29)33/h3-11H,2,12H2,1H3,(H,27,31)(H,28,33). The molecule has 0 atom stereocenters. The number of fused-ring (bicyclic) bond motifs is 1. The molecule has 2 N–H and O–H groups in total. The topological polar surface area (TPSA) is 111 Å². The quantitative estimate of drug-likeness (QED) is 0.418. The zero-order valence-electron chi connectivity index (χ0n) is 17.7. The number of ether oxygens (including phenoxy) is 1. The van der Waals surface area contributed by atoms with E-state index in [0.29, 0.717) is 15.7 Å². The fourth-order valence-corrected chi connectivity index (χ4v) is 3.50. The molecule has 0 saturated heterocycles. The third-order valence-electron chi connectivity index (χ3n) is 4.89. The van der Waals surface area contributed by atoms with E-state index >= 15 is 0 Å². The molecule has 0 aliphatic carbocycles. The highest BCUT2D eigenvalue weighted by atomic mass is 19.4. The van der Waals surface area contributed by atoms with Crippen molar-refractivity contribution in [1.29, 1.82) is 0 Å². The highest BCUT2D eigenvalue weighted by molar-refractivity contribution is 5.92. The van der Waals surface area contributed by atoms with E-state index in [4.69, 9.17) is 4.74 Å². The molecule has 12 heteroatoms. The van der Waals surface area contributed by atoms with E-state index in [-0.39, 0.29) is 24.5 Å². The molecule has 0 aliphatic heterocycles. The van der Waals surface area contributed by atoms with E-state index in [9.17, 15) is 27.6 Å². The number of rotatable bonds is 6. The van der Waals surface area contributed by atoms with E-state index in [0.717, 1.165) is 6.20 Å². The zero-order valence-corrected chi connectivity index (χ0v) is 17.7. The number of carbonyl (C=O) groups excluding carboxylic acids is 2. The van der Waals surface area contributed by atoms with E-state index in [2.05, 4.69) is 15.4 Å². The normalized spacial score (nSPS) is 11.5. The van der Waals surface area contributed by atoms with Gasteiger partial charge in [-0.3, -0.25) is 9.36 Å². The average molecular weight is 473 g/mol. The summed E-state index contributed by atoms with van der Waals surface area (Å²) in [5, 5.41) is 6.28. The Kier molecular flexibility index (Phi) is 5.97. The summed E-state index contributed by atoms with van der Waals surface area (Å²) in [4.78, 5) is 39.4. The summed E-state index contributed by atoms with van der Waals surface area (Å²) in [5.74, 6) is -1.71. The molecule has 2 aromatic heterocycles. The lowest BCUT2D eigenvalue weighted by atomic mass is 10.2. The van der Waals surface area contributed by atoms with E-state index < -0.39 is 35.0 Å². The number of nitrogens with zero attached hydrogens (tertiary/aromatic N) is 3. The van der Waals surface area contributed by atoms with Crippen molar-refractivity contribution < 1.29 is 27.5 Å². The SMILES string of the molecule is CCOC(=O)c1cnn(-c2cccc(NC(=O)Cn3c(=O)[nH]c4ccccc43)c2)c1C(F)(F)F. The highest BCUT2D eigenvalue weighted by Gasteiger charge is 2.41. The van der Waals surface area contributed by atoms with Gasteiger partial charge in [0.15, 0.2) is 5.69 Å². The second kappa shape index (κ2) is 8.89. The number of hydrogen-bond acceptors (Lipinski definition) is 5. The molecule has 4 aromatic rings. The predicted octanol–water partition coefficient (Wildman–Crippen LogP) is 3.35. The van der Waals surface area contributed by atoms with Crippen LogP contribution in [0.15, 0.2) is 59.5 Å². The summed E-state index contributed by atoms with van der Waals surface area (Å²) in [6.07, 6.45) is -4.11. The summed E-state index contributed by atoms with van der Waals surface area (Å²) >= 11 is 0. The molecule has 2 aromatic carbocycles. The van der Waals surface area contributed by atoms with Crippen molar-refractivity contribution in [3.63, 3.8) is 0 Å². The molecule has 1 amide bonds. The lowest BCUT2D eigenvalue weighted by Crippen LogP contribution is -2.26. The number of H-pyrrole nitrogens is 1. The van der Waals surface area contributed by atoms with Crippen LogP contribution < -0.4 is 11.0 Å². The molecule has 0 aliphatic rings. The smallest absolute Gasteiger partial charge is 0.434 e. The number of halogens is 3. The van der Waals surface area contributed by atoms with Gasteiger partial charge in [0.05, 0.1) is 29.5 Å². The largest absolute Gasteiger partial charge is 0.462 e. The molecular formula is C22H18F3N5O4. The number of hydrogen-bond donors (Lipinski definition) is 2. The monoisotopic (exact) mass is 473 g/mol. The molecule has 9 nitrogen and oxygen atoms in total. The Bertz CT molecular complexity index is 1430. The first kappa shape index (κ1) is 22.8. The minimum absolute atomic E-state index is 0.0371. The number of para-hydroxylation sites is 2. The summed E-state index contributed by atoms with van der Waals surface area (Å²) in [7, 11) is 0. The average Bonchev–Trinajstić information content (AvgIpc) is 3.36. The molecule has 0 fully saturated rings. The van der Waals surface area contributed by atoms with Gasteiger partial charge in [0, 0.05) is 5.69 Å². The zero-order chi connectivity index (χ0) is 24.5. The first-order chi connectivity index (χ1) is 16.2. The second-order valence-corrected chi connectivity index (χ2v) is 7.17. The third kappa shape index (κ3) is 4.42. The Balaban J connectivity index is 1.61. The number of aromatic amines is 1. The van der Waals surface area contributed by atoms with Crippen molar-refractivity contribution >= 4 is 28.6 Å². The molecule has 0 saturated carbocycles. The van der Waals surface area contributed by atoms with Crippen molar-refractivity contribution in [2.75, 3.05) is 11.9 Å². The van der Waals surface area contributed by atoms with Gasteiger partial charge in [0.1, 0.15) is 12.1 Å². The Morgan fingerprint density at radius 2 is 1.91 bits per heavy atom. The van der Waals surface area contributed by atoms with Gasteiger partial charge in [-0.25, -0.2) is 14.3 Å². The van der Waals surface area contributed by atoms with Crippen LogP contribution in [0.4, 0.5) is 18.9 Å². The fraction of sp³-hybridized carbons (Fsp3) is 0.182. The molecule has 0 radical (unpaired) electrons. The molecule has 4 rings (SSSR count). The lowest BCUT2D eigenvalue weighted by molar-refractivity contribution is -0.143. The fourth-order valence-electron chi connectivity index (χ4n) is 3.50. The van der Waals surface area contributed by atoms with Gasteiger partial charge in [0.2, 0.25) is 5.91 Å². The van der Waals surface area contributed by atoms with E-state index in [1.54, 1.807) is 24.3 Å². The van der Waals surface area contributed by atoms with Crippen LogP contribution in [0.1, 0.15) is 23.0 Å². The van der Waals surface area contributed by atoms with Crippen LogP contribution in [0.2, 0.25) is 0 Å². The van der Waals surface area contributed by atoms with Crippen LogP contribution in [0.3, 0.4) is 0 Å². The number of carbonyl (C=O) groups is 2. The van der Waals surface area contributed by atoms with Crippen LogP contribution in [-0.4, -0.2) is 37.8 Å². The van der Waals surface area contributed by atoms with Crippen molar-refractivity contribution in [1.82, 2.24) is 19.3 Å². The lowest BCUT2D eigenvalue weighted by Gasteiger charge is -2.13. The summed E-state index contributed by atoms with van der Waals surface area (Å²) < 4.78 is 47.7. The molecule has 34 heavy (non-hydrogen) atoms. The van der Waals surface area contributed by atoms with Gasteiger partial charge >= 0.3 is 17.8 Å². The number of nitrogens with one attached hydrogen (secondary N) is 2. The summed E-state index contributed by atoms with van der Waals surface area (Å²) in [6, 6.07) is 12.4. The number of imidazole rings is 1. The van der Waals surface area contributed by atoms with E-state index in [1.807, 2.05) is 0 Å². The Morgan fingerprint density at radius 1 is 1.15 bits per heavy atom. The third-order valence-corrected chi connectivity index (χ3v) is 4.89. The molecule has 2 heterocycles. The molecule has 0 spiro atoms. The number of aromatic nitrogens is 4. The minimum atomic E-state index is -4.89. The van der Waals surface area contributed by atoms with E-state index in [1.165, 1.54) is 35.8 Å². The van der Waals surface area contributed by atoms with Crippen LogP contribution in [-0.2, 0) is 22.3 Å². The van der Waals surface area contributed by atoms with Gasteiger partial charge in [-0.2, -0.15) is 18.3 Å². The molecule has 0 bridgehead atoms. The Hall–Kier alpha value is -4.35. The van der Waals surface area contributed by atoms with Crippen molar-refractivity contribution in [3.8, 4) is 5.69 Å². The summed E-state index contributed by atoms with van der Waals surface area (Å²) in [6.45, 7) is 1.07. The molecular weight excluding hydrogens is 455 g/mol.